The highest BCUT2D eigenvalue weighted by Gasteiger charge is 2.31. The molecular weight excluding hydrogens is 264 g/mol. The van der Waals surface area contributed by atoms with E-state index >= 15 is 0 Å². The Morgan fingerprint density at radius 2 is 1.89 bits per heavy atom. The van der Waals surface area contributed by atoms with Crippen molar-refractivity contribution in [1.82, 2.24) is 0 Å². The normalized spacial score (nSPS) is 18.8. The van der Waals surface area contributed by atoms with Crippen LogP contribution in [0, 0.1) is 0 Å². The van der Waals surface area contributed by atoms with Crippen LogP contribution >= 0.6 is 0 Å². The molecule has 1 atom stereocenters. The minimum absolute atomic E-state index is 0.138. The molecule has 1 aliphatic carbocycles. The number of carbonyl (C=O) groups is 1. The van der Waals surface area contributed by atoms with E-state index in [1.54, 1.807) is 13.8 Å². The molecule has 0 aliphatic heterocycles. The van der Waals surface area contributed by atoms with E-state index in [-0.39, 0.29) is 11.9 Å². The summed E-state index contributed by atoms with van der Waals surface area (Å²) in [7, 11) is -3.09. The molecule has 1 aliphatic rings. The molecule has 1 rings (SSSR count). The molecule has 110 valence electrons. The van der Waals surface area contributed by atoms with Gasteiger partial charge in [0.25, 0.3) is 0 Å². The summed E-state index contributed by atoms with van der Waals surface area (Å²) in [5.41, 5.74) is 0.336. The molecule has 19 heavy (non-hydrogen) atoms. The summed E-state index contributed by atoms with van der Waals surface area (Å²) in [6.07, 6.45) is 5.05. The second-order valence-corrected chi connectivity index (χ2v) is 8.01. The maximum absolute atomic E-state index is 12.3. The molecule has 1 saturated carbocycles. The lowest BCUT2D eigenvalue weighted by atomic mass is 10.0. The van der Waals surface area contributed by atoms with Gasteiger partial charge in [-0.25, -0.2) is 13.2 Å². The molecule has 0 N–H and O–H groups in total. The van der Waals surface area contributed by atoms with E-state index in [1.165, 1.54) is 0 Å². The highest BCUT2D eigenvalue weighted by atomic mass is 32.2. The first-order valence-corrected chi connectivity index (χ1v) is 8.52. The third-order valence-electron chi connectivity index (χ3n) is 3.68. The van der Waals surface area contributed by atoms with E-state index in [0.29, 0.717) is 12.0 Å². The monoisotopic (exact) mass is 288 g/mol. The van der Waals surface area contributed by atoms with E-state index in [1.807, 2.05) is 0 Å². The Balaban J connectivity index is 2.45. The topological polar surface area (TPSA) is 60.4 Å². The summed E-state index contributed by atoms with van der Waals surface area (Å²) in [6, 6.07) is 0. The predicted octanol–water partition coefficient (Wildman–Crippen LogP) is 2.63. The fourth-order valence-electron chi connectivity index (χ4n) is 2.33. The first-order chi connectivity index (χ1) is 8.85. The number of hydrogen-bond donors (Lipinski definition) is 0. The van der Waals surface area contributed by atoms with Gasteiger partial charge < -0.3 is 4.74 Å². The standard InChI is InChI=1S/C14H24O4S/c1-11(2)14(15)18-10-9-12(3)19(16,17)13-7-5-4-6-8-13/h12-13H,1,4-10H2,2-3H3. The van der Waals surface area contributed by atoms with Crippen molar-refractivity contribution in [2.75, 3.05) is 6.61 Å². The van der Waals surface area contributed by atoms with Gasteiger partial charge >= 0.3 is 5.97 Å². The maximum Gasteiger partial charge on any atom is 0.333 e. The number of ether oxygens (including phenoxy) is 1. The largest absolute Gasteiger partial charge is 0.462 e. The highest BCUT2D eigenvalue weighted by Crippen LogP contribution is 2.27. The van der Waals surface area contributed by atoms with Crippen molar-refractivity contribution in [3.05, 3.63) is 12.2 Å². The van der Waals surface area contributed by atoms with Gasteiger partial charge in [0.15, 0.2) is 9.84 Å². The molecule has 0 amide bonds. The Morgan fingerprint density at radius 3 is 2.42 bits per heavy atom. The first-order valence-electron chi connectivity index (χ1n) is 6.91. The van der Waals surface area contributed by atoms with Gasteiger partial charge in [-0.15, -0.1) is 0 Å². The van der Waals surface area contributed by atoms with E-state index < -0.39 is 21.1 Å². The SMILES string of the molecule is C=C(C)C(=O)OCCC(C)S(=O)(=O)C1CCCCC1. The van der Waals surface area contributed by atoms with E-state index in [0.717, 1.165) is 32.1 Å². The van der Waals surface area contributed by atoms with Crippen LogP contribution in [-0.2, 0) is 19.4 Å². The second-order valence-electron chi connectivity index (χ2n) is 5.36. The molecule has 0 radical (unpaired) electrons. The lowest BCUT2D eigenvalue weighted by Crippen LogP contribution is -2.32. The number of carbonyl (C=O) groups excluding carboxylic acids is 1. The summed E-state index contributed by atoms with van der Waals surface area (Å²) in [4.78, 5) is 11.2. The third kappa shape index (κ3) is 4.64. The van der Waals surface area contributed by atoms with Gasteiger partial charge in [0, 0.05) is 5.57 Å². The maximum atomic E-state index is 12.3. The number of sulfone groups is 1. The molecular formula is C14H24O4S. The van der Waals surface area contributed by atoms with Crippen molar-refractivity contribution in [1.29, 1.82) is 0 Å². The van der Waals surface area contributed by atoms with Crippen LogP contribution in [0.5, 0.6) is 0 Å². The minimum atomic E-state index is -3.09. The quantitative estimate of drug-likeness (QED) is 0.557. The van der Waals surface area contributed by atoms with Crippen molar-refractivity contribution in [3.8, 4) is 0 Å². The molecule has 1 unspecified atom stereocenters. The van der Waals surface area contributed by atoms with Crippen LogP contribution in [0.25, 0.3) is 0 Å². The number of esters is 1. The van der Waals surface area contributed by atoms with Gasteiger partial charge in [-0.3, -0.25) is 0 Å². The van der Waals surface area contributed by atoms with Crippen molar-refractivity contribution in [3.63, 3.8) is 0 Å². The Morgan fingerprint density at radius 1 is 1.32 bits per heavy atom. The average molecular weight is 288 g/mol. The molecule has 5 heteroatoms. The van der Waals surface area contributed by atoms with Gasteiger partial charge in [-0.05, 0) is 33.1 Å². The van der Waals surface area contributed by atoms with E-state index in [2.05, 4.69) is 6.58 Å². The summed E-state index contributed by atoms with van der Waals surface area (Å²) in [5, 5.41) is -0.651. The van der Waals surface area contributed by atoms with Crippen LogP contribution in [-0.4, -0.2) is 31.5 Å². The van der Waals surface area contributed by atoms with Crippen molar-refractivity contribution in [2.24, 2.45) is 0 Å². The van der Waals surface area contributed by atoms with Crippen LogP contribution in [0.4, 0.5) is 0 Å². The van der Waals surface area contributed by atoms with Crippen LogP contribution in [0.3, 0.4) is 0 Å². The highest BCUT2D eigenvalue weighted by molar-refractivity contribution is 7.92. The second kappa shape index (κ2) is 7.08. The van der Waals surface area contributed by atoms with Gasteiger partial charge in [0.2, 0.25) is 0 Å². The Bertz CT molecular complexity index is 419. The Hall–Kier alpha value is -0.840. The van der Waals surface area contributed by atoms with Gasteiger partial charge in [-0.2, -0.15) is 0 Å². The van der Waals surface area contributed by atoms with Crippen molar-refractivity contribution < 1.29 is 17.9 Å². The molecule has 0 saturated heterocycles. The van der Waals surface area contributed by atoms with E-state index in [4.69, 9.17) is 4.74 Å². The zero-order valence-electron chi connectivity index (χ0n) is 11.9. The van der Waals surface area contributed by atoms with Gasteiger partial charge in [0.05, 0.1) is 17.1 Å². The Kier molecular flexibility index (Phi) is 6.04. The molecule has 1 fully saturated rings. The Labute approximate surface area is 116 Å². The fourth-order valence-corrected chi connectivity index (χ4v) is 4.40. The molecule has 0 heterocycles. The molecule has 0 aromatic rings. The average Bonchev–Trinajstić information content (AvgIpc) is 2.39. The lowest BCUT2D eigenvalue weighted by molar-refractivity contribution is -0.139. The number of rotatable bonds is 6. The van der Waals surface area contributed by atoms with Crippen LogP contribution < -0.4 is 0 Å². The van der Waals surface area contributed by atoms with Gasteiger partial charge in [-0.1, -0.05) is 25.8 Å². The number of hydrogen-bond acceptors (Lipinski definition) is 4. The zero-order valence-corrected chi connectivity index (χ0v) is 12.7. The molecule has 0 aromatic carbocycles. The van der Waals surface area contributed by atoms with Crippen LogP contribution in [0.2, 0.25) is 0 Å². The van der Waals surface area contributed by atoms with Crippen molar-refractivity contribution >= 4 is 15.8 Å². The van der Waals surface area contributed by atoms with E-state index in [9.17, 15) is 13.2 Å². The summed E-state index contributed by atoms with van der Waals surface area (Å²) in [6.45, 7) is 6.90. The molecule has 0 spiro atoms. The molecule has 4 nitrogen and oxygen atoms in total. The molecule has 0 bridgehead atoms. The zero-order chi connectivity index (χ0) is 14.5. The summed E-state index contributed by atoms with van der Waals surface area (Å²) >= 11 is 0. The third-order valence-corrected chi connectivity index (χ3v) is 6.44. The lowest BCUT2D eigenvalue weighted by Gasteiger charge is -2.25. The fraction of sp³-hybridized carbons (Fsp3) is 0.786. The van der Waals surface area contributed by atoms with Gasteiger partial charge in [0.1, 0.15) is 0 Å². The molecule has 0 aromatic heterocycles. The summed E-state index contributed by atoms with van der Waals surface area (Å²) < 4.78 is 29.6. The first kappa shape index (κ1) is 16.2. The van der Waals surface area contributed by atoms with Crippen LogP contribution in [0.1, 0.15) is 52.4 Å². The summed E-state index contributed by atoms with van der Waals surface area (Å²) in [5.74, 6) is -0.456. The smallest absolute Gasteiger partial charge is 0.333 e. The minimum Gasteiger partial charge on any atom is -0.462 e. The van der Waals surface area contributed by atoms with Crippen molar-refractivity contribution in [2.45, 2.75) is 62.9 Å². The van der Waals surface area contributed by atoms with Crippen LogP contribution in [0.15, 0.2) is 12.2 Å². The predicted molar refractivity (Wildman–Crippen MR) is 75.6 cm³/mol.